The minimum Gasteiger partial charge on any atom is -0.488 e. The Balaban J connectivity index is 1.88. The molecule has 0 aliphatic heterocycles. The lowest BCUT2D eigenvalue weighted by atomic mass is 10.0. The van der Waals surface area contributed by atoms with Crippen molar-refractivity contribution in [2.24, 2.45) is 0 Å². The molecule has 2 aromatic rings. The summed E-state index contributed by atoms with van der Waals surface area (Å²) < 4.78 is 16.7. The highest BCUT2D eigenvalue weighted by Gasteiger charge is 2.28. The molecule has 4 nitrogen and oxygen atoms in total. The Hall–Kier alpha value is -1.72. The van der Waals surface area contributed by atoms with Crippen molar-refractivity contribution in [2.45, 2.75) is 32.3 Å². The first kappa shape index (κ1) is 18.1. The third-order valence-electron chi connectivity index (χ3n) is 4.13. The van der Waals surface area contributed by atoms with E-state index >= 15 is 0 Å². The van der Waals surface area contributed by atoms with E-state index < -0.39 is 6.16 Å². The zero-order valence-electron chi connectivity index (χ0n) is 14.0. The summed E-state index contributed by atoms with van der Waals surface area (Å²) in [5, 5.41) is 0.639. The van der Waals surface area contributed by atoms with Crippen molar-refractivity contribution in [3.8, 4) is 11.5 Å². The van der Waals surface area contributed by atoms with Gasteiger partial charge < -0.3 is 14.2 Å². The molecule has 0 spiro atoms. The van der Waals surface area contributed by atoms with Crippen LogP contribution in [0.4, 0.5) is 4.79 Å². The summed E-state index contributed by atoms with van der Waals surface area (Å²) in [6, 6.07) is 9.38. The molecule has 0 saturated heterocycles. The van der Waals surface area contributed by atoms with Crippen molar-refractivity contribution in [1.82, 2.24) is 0 Å². The predicted molar refractivity (Wildman–Crippen MR) is 99.7 cm³/mol. The van der Waals surface area contributed by atoms with Crippen LogP contribution in [0.25, 0.3) is 0 Å². The molecular formula is C19H18BrClO4. The van der Waals surface area contributed by atoms with Crippen molar-refractivity contribution >= 4 is 33.7 Å². The molecule has 3 rings (SSSR count). The molecular weight excluding hydrogens is 408 g/mol. The van der Waals surface area contributed by atoms with Crippen LogP contribution in [0, 0.1) is 6.92 Å². The maximum Gasteiger partial charge on any atom is 0.513 e. The molecule has 2 aromatic carbocycles. The normalized spacial score (nSPS) is 13.4. The van der Waals surface area contributed by atoms with E-state index in [2.05, 4.69) is 26.7 Å². The Bertz CT molecular complexity index is 802. The zero-order chi connectivity index (χ0) is 18.0. The summed E-state index contributed by atoms with van der Waals surface area (Å²) in [7, 11) is 1.29. The summed E-state index contributed by atoms with van der Waals surface area (Å²) in [5.41, 5.74) is 2.98. The van der Waals surface area contributed by atoms with Gasteiger partial charge in [0.15, 0.2) is 0 Å². The molecule has 0 unspecified atom stereocenters. The smallest absolute Gasteiger partial charge is 0.488 e. The largest absolute Gasteiger partial charge is 0.513 e. The van der Waals surface area contributed by atoms with Gasteiger partial charge in [-0.3, -0.25) is 0 Å². The van der Waals surface area contributed by atoms with Crippen LogP contribution in [0.5, 0.6) is 11.5 Å². The van der Waals surface area contributed by atoms with Crippen molar-refractivity contribution in [1.29, 1.82) is 0 Å². The average molecular weight is 426 g/mol. The van der Waals surface area contributed by atoms with Crippen molar-refractivity contribution in [2.75, 3.05) is 7.11 Å². The van der Waals surface area contributed by atoms with Gasteiger partial charge in [0, 0.05) is 16.7 Å². The van der Waals surface area contributed by atoms with Crippen LogP contribution >= 0.6 is 27.5 Å². The van der Waals surface area contributed by atoms with E-state index in [1.807, 2.05) is 19.1 Å². The van der Waals surface area contributed by atoms with Gasteiger partial charge in [-0.15, -0.1) is 0 Å². The van der Waals surface area contributed by atoms with E-state index in [0.717, 1.165) is 34.0 Å². The fourth-order valence-electron chi connectivity index (χ4n) is 2.63. The first-order valence-electron chi connectivity index (χ1n) is 7.95. The Morgan fingerprint density at radius 3 is 2.72 bits per heavy atom. The second-order valence-corrected chi connectivity index (χ2v) is 7.24. The lowest BCUT2D eigenvalue weighted by Crippen LogP contribution is -2.11. The quantitative estimate of drug-likeness (QED) is 0.434. The highest BCUT2D eigenvalue weighted by molar-refractivity contribution is 9.10. The molecule has 0 bridgehead atoms. The second-order valence-electron chi connectivity index (χ2n) is 5.97. The number of aryl methyl sites for hydroxylation is 1. The van der Waals surface area contributed by atoms with Gasteiger partial charge in [0.1, 0.15) is 18.1 Å². The van der Waals surface area contributed by atoms with Crippen molar-refractivity contribution in [3.63, 3.8) is 0 Å². The Kier molecular flexibility index (Phi) is 5.54. The van der Waals surface area contributed by atoms with Gasteiger partial charge in [0.05, 0.1) is 11.6 Å². The van der Waals surface area contributed by atoms with Crippen LogP contribution in [0.2, 0.25) is 5.02 Å². The first-order chi connectivity index (χ1) is 12.0. The SMILES string of the molecule is COC(=O)Oc1cccc(C2CC2)c1COc1cc(Cl)c(C)cc1Br. The van der Waals surface area contributed by atoms with Crippen molar-refractivity contribution < 1.29 is 19.0 Å². The van der Waals surface area contributed by atoms with Gasteiger partial charge in [0.2, 0.25) is 0 Å². The number of rotatable bonds is 5. The van der Waals surface area contributed by atoms with Gasteiger partial charge in [0.25, 0.3) is 0 Å². The molecule has 6 heteroatoms. The van der Waals surface area contributed by atoms with E-state index in [0.29, 0.717) is 22.4 Å². The summed E-state index contributed by atoms with van der Waals surface area (Å²) in [4.78, 5) is 11.5. The van der Waals surface area contributed by atoms with E-state index in [1.54, 1.807) is 12.1 Å². The fourth-order valence-corrected chi connectivity index (χ4v) is 3.36. The number of methoxy groups -OCH3 is 1. The van der Waals surface area contributed by atoms with Crippen LogP contribution in [0.3, 0.4) is 0 Å². The van der Waals surface area contributed by atoms with E-state index in [9.17, 15) is 4.79 Å². The molecule has 0 aromatic heterocycles. The minimum absolute atomic E-state index is 0.275. The molecule has 0 N–H and O–H groups in total. The van der Waals surface area contributed by atoms with Gasteiger partial charge in [-0.25, -0.2) is 4.79 Å². The zero-order valence-corrected chi connectivity index (χ0v) is 16.3. The molecule has 0 amide bonds. The lowest BCUT2D eigenvalue weighted by Gasteiger charge is -2.16. The molecule has 1 aliphatic rings. The summed E-state index contributed by atoms with van der Waals surface area (Å²) in [6.45, 7) is 2.21. The molecule has 1 fully saturated rings. The van der Waals surface area contributed by atoms with Crippen molar-refractivity contribution in [3.05, 3.63) is 56.5 Å². The van der Waals surface area contributed by atoms with Crippen LogP contribution < -0.4 is 9.47 Å². The average Bonchev–Trinajstić information content (AvgIpc) is 3.42. The minimum atomic E-state index is -0.742. The topological polar surface area (TPSA) is 44.8 Å². The number of carbonyl (C=O) groups excluding carboxylic acids is 1. The number of hydrogen-bond acceptors (Lipinski definition) is 4. The number of halogens is 2. The molecule has 25 heavy (non-hydrogen) atoms. The highest BCUT2D eigenvalue weighted by Crippen LogP contribution is 2.44. The van der Waals surface area contributed by atoms with Crippen LogP contribution in [0.15, 0.2) is 34.8 Å². The van der Waals surface area contributed by atoms with Gasteiger partial charge >= 0.3 is 6.16 Å². The molecule has 1 saturated carbocycles. The third kappa shape index (κ3) is 4.28. The Morgan fingerprint density at radius 1 is 1.28 bits per heavy atom. The standard InChI is InChI=1S/C19H18BrClO4/c1-11-8-15(20)18(9-16(11)21)24-10-14-13(12-6-7-12)4-3-5-17(14)25-19(22)23-2/h3-5,8-9,12H,6-7,10H2,1-2H3. The second kappa shape index (κ2) is 7.67. The molecule has 0 heterocycles. The molecule has 0 atom stereocenters. The number of hydrogen-bond donors (Lipinski definition) is 0. The first-order valence-corrected chi connectivity index (χ1v) is 9.12. The predicted octanol–water partition coefficient (Wildman–Crippen LogP) is 6.01. The highest BCUT2D eigenvalue weighted by atomic mass is 79.9. The van der Waals surface area contributed by atoms with E-state index in [1.165, 1.54) is 7.11 Å². The molecule has 1 aliphatic carbocycles. The number of carbonyl (C=O) groups is 1. The Morgan fingerprint density at radius 2 is 2.04 bits per heavy atom. The Labute approximate surface area is 160 Å². The van der Waals surface area contributed by atoms with Gasteiger partial charge in [-0.1, -0.05) is 23.7 Å². The fraction of sp³-hybridized carbons (Fsp3) is 0.316. The monoisotopic (exact) mass is 424 g/mol. The maximum atomic E-state index is 11.5. The summed E-state index contributed by atoms with van der Waals surface area (Å²) in [5.74, 6) is 1.60. The van der Waals surface area contributed by atoms with Crippen LogP contribution in [-0.2, 0) is 11.3 Å². The van der Waals surface area contributed by atoms with E-state index in [4.69, 9.17) is 21.1 Å². The van der Waals surface area contributed by atoms with Gasteiger partial charge in [-0.2, -0.15) is 0 Å². The number of benzene rings is 2. The van der Waals surface area contributed by atoms with Crippen LogP contribution in [0.1, 0.15) is 35.4 Å². The maximum absolute atomic E-state index is 11.5. The molecule has 0 radical (unpaired) electrons. The summed E-state index contributed by atoms with van der Waals surface area (Å²) >= 11 is 9.69. The molecule has 132 valence electrons. The lowest BCUT2D eigenvalue weighted by molar-refractivity contribution is 0.120. The van der Waals surface area contributed by atoms with Crippen LogP contribution in [-0.4, -0.2) is 13.3 Å². The van der Waals surface area contributed by atoms with E-state index in [-0.39, 0.29) is 6.61 Å². The summed E-state index contributed by atoms with van der Waals surface area (Å²) in [6.07, 6.45) is 1.53. The third-order valence-corrected chi connectivity index (χ3v) is 5.16. The van der Waals surface area contributed by atoms with Gasteiger partial charge in [-0.05, 0) is 64.9 Å². The number of ether oxygens (including phenoxy) is 3.